The molecule has 18 heavy (non-hydrogen) atoms. The number of carbonyl (C=O) groups excluding carboxylic acids is 1. The van der Waals surface area contributed by atoms with Crippen LogP contribution in [0.15, 0.2) is 23.4 Å². The largest absolute Gasteiger partial charge is 0.469 e. The van der Waals surface area contributed by atoms with Crippen LogP contribution in [-0.4, -0.2) is 23.8 Å². The highest BCUT2D eigenvalue weighted by Gasteiger charge is 2.30. The first-order chi connectivity index (χ1) is 8.34. The maximum atomic E-state index is 12.4. The molecule has 0 aromatic carbocycles. The average Bonchev–Trinajstić information content (AvgIpc) is 2.34. The molecule has 3 nitrogen and oxygen atoms in total. The van der Waals surface area contributed by atoms with Crippen LogP contribution in [0.3, 0.4) is 0 Å². The second-order valence-electron chi connectivity index (χ2n) is 3.62. The van der Waals surface area contributed by atoms with Crippen LogP contribution in [-0.2, 0) is 15.7 Å². The van der Waals surface area contributed by atoms with Gasteiger partial charge in [-0.25, -0.2) is 4.98 Å². The molecule has 1 aromatic rings. The Hall–Kier alpha value is -1.24. The number of rotatable bonds is 4. The Kier molecular flexibility index (Phi) is 5.01. The van der Waals surface area contributed by atoms with E-state index in [0.29, 0.717) is 5.75 Å². The van der Waals surface area contributed by atoms with Crippen molar-refractivity contribution in [3.8, 4) is 0 Å². The minimum atomic E-state index is -4.38. The first kappa shape index (κ1) is 14.8. The van der Waals surface area contributed by atoms with E-state index in [9.17, 15) is 18.0 Å². The molecule has 1 atom stereocenters. The zero-order valence-electron chi connectivity index (χ0n) is 9.82. The number of esters is 1. The van der Waals surface area contributed by atoms with Crippen molar-refractivity contribution in [3.63, 3.8) is 0 Å². The summed E-state index contributed by atoms with van der Waals surface area (Å²) < 4.78 is 41.8. The molecule has 0 amide bonds. The number of ether oxygens (including phenoxy) is 1. The van der Waals surface area contributed by atoms with Crippen molar-refractivity contribution in [1.82, 2.24) is 4.98 Å². The van der Waals surface area contributed by atoms with Crippen molar-refractivity contribution in [3.05, 3.63) is 23.9 Å². The first-order valence-electron chi connectivity index (χ1n) is 5.08. The van der Waals surface area contributed by atoms with Crippen molar-refractivity contribution in [2.75, 3.05) is 12.9 Å². The SMILES string of the molecule is COC(=O)C(C)CSc1cc(C(F)(F)F)ccn1. The molecule has 0 fully saturated rings. The molecule has 0 aliphatic heterocycles. The number of hydrogen-bond donors (Lipinski definition) is 0. The Labute approximate surface area is 107 Å². The lowest BCUT2D eigenvalue weighted by Gasteiger charge is -2.10. The summed E-state index contributed by atoms with van der Waals surface area (Å²) in [7, 11) is 1.27. The smallest absolute Gasteiger partial charge is 0.416 e. The van der Waals surface area contributed by atoms with Crippen LogP contribution < -0.4 is 0 Å². The van der Waals surface area contributed by atoms with E-state index in [-0.39, 0.29) is 5.03 Å². The fourth-order valence-corrected chi connectivity index (χ4v) is 2.05. The summed E-state index contributed by atoms with van der Waals surface area (Å²) in [6, 6.07) is 1.88. The number of halogens is 3. The van der Waals surface area contributed by atoms with Gasteiger partial charge in [-0.3, -0.25) is 4.79 Å². The van der Waals surface area contributed by atoms with Crippen LogP contribution in [0.2, 0.25) is 0 Å². The highest BCUT2D eigenvalue weighted by molar-refractivity contribution is 7.99. The topological polar surface area (TPSA) is 39.2 Å². The van der Waals surface area contributed by atoms with Crippen molar-refractivity contribution in [1.29, 1.82) is 0 Å². The molecule has 0 N–H and O–H groups in total. The Bertz CT molecular complexity index is 423. The number of thioether (sulfide) groups is 1. The molecule has 0 spiro atoms. The predicted molar refractivity (Wildman–Crippen MR) is 61.1 cm³/mol. The van der Waals surface area contributed by atoms with E-state index < -0.39 is 23.6 Å². The third-order valence-corrected chi connectivity index (χ3v) is 3.33. The molecule has 1 rings (SSSR count). The van der Waals surface area contributed by atoms with Gasteiger partial charge in [-0.2, -0.15) is 13.2 Å². The summed E-state index contributed by atoms with van der Waals surface area (Å²) in [6.07, 6.45) is -3.28. The van der Waals surface area contributed by atoms with Crippen LogP contribution in [0.5, 0.6) is 0 Å². The number of pyridine rings is 1. The van der Waals surface area contributed by atoms with E-state index in [1.807, 2.05) is 0 Å². The van der Waals surface area contributed by atoms with Crippen LogP contribution in [0.4, 0.5) is 13.2 Å². The van der Waals surface area contributed by atoms with Gasteiger partial charge in [-0.05, 0) is 12.1 Å². The molecule has 0 saturated heterocycles. The Morgan fingerprint density at radius 2 is 2.22 bits per heavy atom. The number of alkyl halides is 3. The molecule has 7 heteroatoms. The molecule has 0 aliphatic rings. The van der Waals surface area contributed by atoms with E-state index >= 15 is 0 Å². The van der Waals surface area contributed by atoms with Gasteiger partial charge < -0.3 is 4.74 Å². The van der Waals surface area contributed by atoms with Gasteiger partial charge >= 0.3 is 12.1 Å². The van der Waals surface area contributed by atoms with E-state index in [1.54, 1.807) is 6.92 Å². The van der Waals surface area contributed by atoms with Crippen molar-refractivity contribution in [2.24, 2.45) is 5.92 Å². The first-order valence-corrected chi connectivity index (χ1v) is 6.07. The number of carbonyl (C=O) groups is 1. The summed E-state index contributed by atoms with van der Waals surface area (Å²) in [5, 5.41) is 0.237. The monoisotopic (exact) mass is 279 g/mol. The maximum Gasteiger partial charge on any atom is 0.416 e. The quantitative estimate of drug-likeness (QED) is 0.627. The van der Waals surface area contributed by atoms with E-state index in [4.69, 9.17) is 0 Å². The minimum absolute atomic E-state index is 0.237. The minimum Gasteiger partial charge on any atom is -0.469 e. The number of aromatic nitrogens is 1. The van der Waals surface area contributed by atoms with E-state index in [0.717, 1.165) is 30.1 Å². The average molecular weight is 279 g/mol. The van der Waals surface area contributed by atoms with Crippen LogP contribution in [0.25, 0.3) is 0 Å². The highest BCUT2D eigenvalue weighted by atomic mass is 32.2. The molecule has 0 saturated carbocycles. The summed E-state index contributed by atoms with van der Waals surface area (Å²) >= 11 is 1.09. The summed E-state index contributed by atoms with van der Waals surface area (Å²) in [4.78, 5) is 14.9. The molecular weight excluding hydrogens is 267 g/mol. The summed E-state index contributed by atoms with van der Waals surface area (Å²) in [6.45, 7) is 1.65. The van der Waals surface area contributed by atoms with Crippen molar-refractivity contribution in [2.45, 2.75) is 18.1 Å². The molecule has 1 aromatic heterocycles. The molecule has 1 unspecified atom stereocenters. The van der Waals surface area contributed by atoms with Gasteiger partial charge in [0.2, 0.25) is 0 Å². The van der Waals surface area contributed by atoms with Gasteiger partial charge in [0.1, 0.15) is 0 Å². The number of nitrogens with zero attached hydrogens (tertiary/aromatic N) is 1. The standard InChI is InChI=1S/C11H12F3NO2S/c1-7(10(16)17-2)6-18-9-5-8(3-4-15-9)11(12,13)14/h3-5,7H,6H2,1-2H3. The lowest BCUT2D eigenvalue weighted by Crippen LogP contribution is -2.15. The van der Waals surface area contributed by atoms with Crippen LogP contribution in [0, 0.1) is 5.92 Å². The molecule has 1 heterocycles. The fraction of sp³-hybridized carbons (Fsp3) is 0.455. The normalized spacial score (nSPS) is 13.2. The fourth-order valence-electron chi connectivity index (χ4n) is 1.14. The number of methoxy groups -OCH3 is 1. The third kappa shape index (κ3) is 4.21. The van der Waals surface area contributed by atoms with Crippen molar-refractivity contribution < 1.29 is 22.7 Å². The molecule has 0 bridgehead atoms. The molecule has 100 valence electrons. The molecule has 0 radical (unpaired) electrons. The summed E-state index contributed by atoms with van der Waals surface area (Å²) in [5.74, 6) is -0.466. The number of hydrogen-bond acceptors (Lipinski definition) is 4. The molecular formula is C11H12F3NO2S. The third-order valence-electron chi connectivity index (χ3n) is 2.15. The van der Waals surface area contributed by atoms with Gasteiger partial charge in [-0.1, -0.05) is 6.92 Å². The Balaban J connectivity index is 2.66. The second kappa shape index (κ2) is 6.08. The zero-order chi connectivity index (χ0) is 13.8. The summed E-state index contributed by atoms with van der Waals surface area (Å²) in [5.41, 5.74) is -0.745. The zero-order valence-corrected chi connectivity index (χ0v) is 10.6. The van der Waals surface area contributed by atoms with Crippen LogP contribution in [0.1, 0.15) is 12.5 Å². The highest BCUT2D eigenvalue weighted by Crippen LogP contribution is 2.31. The second-order valence-corrected chi connectivity index (χ2v) is 4.66. The maximum absolute atomic E-state index is 12.4. The van der Waals surface area contributed by atoms with Crippen molar-refractivity contribution >= 4 is 17.7 Å². The van der Waals surface area contributed by atoms with Gasteiger partial charge in [0.15, 0.2) is 0 Å². The van der Waals surface area contributed by atoms with E-state index in [2.05, 4.69) is 9.72 Å². The predicted octanol–water partition coefficient (Wildman–Crippen LogP) is 3.00. The lowest BCUT2D eigenvalue weighted by atomic mass is 10.2. The molecule has 0 aliphatic carbocycles. The van der Waals surface area contributed by atoms with Crippen LogP contribution >= 0.6 is 11.8 Å². The van der Waals surface area contributed by atoms with Gasteiger partial charge in [0, 0.05) is 11.9 Å². The van der Waals surface area contributed by atoms with Gasteiger partial charge in [0.25, 0.3) is 0 Å². The van der Waals surface area contributed by atoms with Gasteiger partial charge in [-0.15, -0.1) is 11.8 Å². The Morgan fingerprint density at radius 1 is 1.56 bits per heavy atom. The van der Waals surface area contributed by atoms with Gasteiger partial charge in [0.05, 0.1) is 23.6 Å². The van der Waals surface area contributed by atoms with E-state index in [1.165, 1.54) is 7.11 Å². The lowest BCUT2D eigenvalue weighted by molar-refractivity contribution is -0.144. The Morgan fingerprint density at radius 3 is 2.78 bits per heavy atom.